The highest BCUT2D eigenvalue weighted by Crippen LogP contribution is 2.13. The van der Waals surface area contributed by atoms with E-state index in [0.29, 0.717) is 0 Å². The van der Waals surface area contributed by atoms with Crippen LogP contribution in [0.25, 0.3) is 0 Å². The van der Waals surface area contributed by atoms with Crippen molar-refractivity contribution in [3.8, 4) is 0 Å². The molecule has 0 radical (unpaired) electrons. The molecule has 0 amide bonds. The third kappa shape index (κ3) is 1.88. The highest BCUT2D eigenvalue weighted by Gasteiger charge is 2.14. The minimum Gasteiger partial charge on any atom is -0.396 e. The Morgan fingerprint density at radius 2 is 2.21 bits per heavy atom. The lowest BCUT2D eigenvalue weighted by molar-refractivity contribution is 0.0332. The molecule has 78 valence electrons. The van der Waals surface area contributed by atoms with Gasteiger partial charge in [0.1, 0.15) is 0 Å². The van der Waals surface area contributed by atoms with E-state index in [2.05, 4.69) is 10.00 Å². The fourth-order valence-electron chi connectivity index (χ4n) is 1.64. The molecule has 0 spiro atoms. The predicted molar refractivity (Wildman–Crippen MR) is 53.7 cm³/mol. The standard InChI is InChI=1S/C9H16N4O/c1-12-9(8(10)6-11-12)7-13-2-4-14-5-3-13/h6H,2-5,7,10H2,1H3. The van der Waals surface area contributed by atoms with E-state index in [1.165, 1.54) is 0 Å². The Balaban J connectivity index is 2.02. The number of ether oxygens (including phenoxy) is 1. The van der Waals surface area contributed by atoms with Gasteiger partial charge < -0.3 is 10.5 Å². The van der Waals surface area contributed by atoms with Crippen molar-refractivity contribution < 1.29 is 4.74 Å². The Bertz CT molecular complexity index is 284. The summed E-state index contributed by atoms with van der Waals surface area (Å²) in [5.74, 6) is 0. The average molecular weight is 196 g/mol. The summed E-state index contributed by atoms with van der Waals surface area (Å²) in [5, 5.41) is 4.12. The maximum absolute atomic E-state index is 5.82. The number of hydrogen-bond donors (Lipinski definition) is 1. The van der Waals surface area contributed by atoms with Crippen LogP contribution in [0.4, 0.5) is 5.69 Å². The van der Waals surface area contributed by atoms with Crippen LogP contribution >= 0.6 is 0 Å². The zero-order valence-electron chi connectivity index (χ0n) is 8.44. The summed E-state index contributed by atoms with van der Waals surface area (Å²) < 4.78 is 7.12. The minimum atomic E-state index is 0.777. The number of nitrogen functional groups attached to an aromatic ring is 1. The second-order valence-corrected chi connectivity index (χ2v) is 3.56. The molecule has 0 unspecified atom stereocenters. The second-order valence-electron chi connectivity index (χ2n) is 3.56. The number of aryl methyl sites for hydroxylation is 1. The zero-order valence-corrected chi connectivity index (χ0v) is 8.44. The van der Waals surface area contributed by atoms with Crippen molar-refractivity contribution in [2.24, 2.45) is 7.05 Å². The third-order valence-corrected chi connectivity index (χ3v) is 2.57. The lowest BCUT2D eigenvalue weighted by Crippen LogP contribution is -2.36. The molecule has 0 aromatic carbocycles. The van der Waals surface area contributed by atoms with Gasteiger partial charge >= 0.3 is 0 Å². The topological polar surface area (TPSA) is 56.3 Å². The van der Waals surface area contributed by atoms with Gasteiger partial charge in [-0.3, -0.25) is 9.58 Å². The van der Waals surface area contributed by atoms with E-state index in [1.807, 2.05) is 11.7 Å². The fourth-order valence-corrected chi connectivity index (χ4v) is 1.64. The molecule has 1 aromatic heterocycles. The lowest BCUT2D eigenvalue weighted by Gasteiger charge is -2.26. The number of aromatic nitrogens is 2. The van der Waals surface area contributed by atoms with Gasteiger partial charge in [0, 0.05) is 26.7 Å². The highest BCUT2D eigenvalue weighted by molar-refractivity contribution is 5.40. The van der Waals surface area contributed by atoms with Crippen LogP contribution in [0.5, 0.6) is 0 Å². The van der Waals surface area contributed by atoms with Crippen molar-refractivity contribution in [3.05, 3.63) is 11.9 Å². The number of nitrogens with two attached hydrogens (primary N) is 1. The van der Waals surface area contributed by atoms with Gasteiger partial charge in [-0.15, -0.1) is 0 Å². The molecule has 5 nitrogen and oxygen atoms in total. The fraction of sp³-hybridized carbons (Fsp3) is 0.667. The molecule has 2 N–H and O–H groups in total. The van der Waals surface area contributed by atoms with E-state index < -0.39 is 0 Å². The maximum atomic E-state index is 5.82. The van der Waals surface area contributed by atoms with Crippen molar-refractivity contribution in [2.45, 2.75) is 6.54 Å². The second kappa shape index (κ2) is 3.98. The van der Waals surface area contributed by atoms with Crippen LogP contribution in [-0.2, 0) is 18.3 Å². The highest BCUT2D eigenvalue weighted by atomic mass is 16.5. The van der Waals surface area contributed by atoms with Gasteiger partial charge in [0.15, 0.2) is 0 Å². The van der Waals surface area contributed by atoms with Gasteiger partial charge in [-0.05, 0) is 0 Å². The molecule has 2 rings (SSSR count). The number of hydrogen-bond acceptors (Lipinski definition) is 4. The summed E-state index contributed by atoms with van der Waals surface area (Å²) in [6.45, 7) is 4.45. The van der Waals surface area contributed by atoms with Crippen molar-refractivity contribution >= 4 is 5.69 Å². The van der Waals surface area contributed by atoms with Crippen LogP contribution in [0.2, 0.25) is 0 Å². The Labute approximate surface area is 83.4 Å². The van der Waals surface area contributed by atoms with Crippen molar-refractivity contribution in [3.63, 3.8) is 0 Å². The van der Waals surface area contributed by atoms with Gasteiger partial charge in [-0.2, -0.15) is 5.10 Å². The van der Waals surface area contributed by atoms with E-state index in [1.54, 1.807) is 6.20 Å². The molecule has 1 fully saturated rings. The molecule has 0 aliphatic carbocycles. The smallest absolute Gasteiger partial charge is 0.0750 e. The van der Waals surface area contributed by atoms with E-state index >= 15 is 0 Å². The monoisotopic (exact) mass is 196 g/mol. The first-order chi connectivity index (χ1) is 6.77. The molecule has 1 saturated heterocycles. The number of nitrogens with zero attached hydrogens (tertiary/aromatic N) is 3. The van der Waals surface area contributed by atoms with Gasteiger partial charge in [-0.1, -0.05) is 0 Å². The molecule has 2 heterocycles. The quantitative estimate of drug-likeness (QED) is 0.713. The zero-order chi connectivity index (χ0) is 9.97. The SMILES string of the molecule is Cn1ncc(N)c1CN1CCOCC1. The number of morpholine rings is 1. The van der Waals surface area contributed by atoms with Crippen molar-refractivity contribution in [2.75, 3.05) is 32.0 Å². The van der Waals surface area contributed by atoms with E-state index in [-0.39, 0.29) is 0 Å². The first-order valence-electron chi connectivity index (χ1n) is 4.84. The van der Waals surface area contributed by atoms with Crippen LogP contribution in [0, 0.1) is 0 Å². The minimum absolute atomic E-state index is 0.777. The Hall–Kier alpha value is -1.07. The van der Waals surface area contributed by atoms with E-state index in [0.717, 1.165) is 44.2 Å². The molecular weight excluding hydrogens is 180 g/mol. The van der Waals surface area contributed by atoms with Crippen LogP contribution < -0.4 is 5.73 Å². The van der Waals surface area contributed by atoms with Gasteiger partial charge in [-0.25, -0.2) is 0 Å². The molecule has 0 atom stereocenters. The van der Waals surface area contributed by atoms with Crippen LogP contribution in [0.3, 0.4) is 0 Å². The van der Waals surface area contributed by atoms with E-state index in [9.17, 15) is 0 Å². The number of rotatable bonds is 2. The number of anilines is 1. The predicted octanol–water partition coefficient (Wildman–Crippen LogP) is -0.165. The first-order valence-corrected chi connectivity index (χ1v) is 4.84. The first kappa shape index (κ1) is 9.48. The summed E-state index contributed by atoms with van der Waals surface area (Å²) in [6.07, 6.45) is 1.70. The van der Waals surface area contributed by atoms with Crippen LogP contribution in [0.15, 0.2) is 6.20 Å². The summed E-state index contributed by atoms with van der Waals surface area (Å²) in [5.41, 5.74) is 7.68. The van der Waals surface area contributed by atoms with Gasteiger partial charge in [0.2, 0.25) is 0 Å². The summed E-state index contributed by atoms with van der Waals surface area (Å²) in [4.78, 5) is 2.33. The molecular formula is C9H16N4O. The van der Waals surface area contributed by atoms with Crippen LogP contribution in [0.1, 0.15) is 5.69 Å². The largest absolute Gasteiger partial charge is 0.396 e. The summed E-state index contributed by atoms with van der Waals surface area (Å²) in [6, 6.07) is 0. The van der Waals surface area contributed by atoms with Gasteiger partial charge in [0.25, 0.3) is 0 Å². The van der Waals surface area contributed by atoms with Crippen molar-refractivity contribution in [1.29, 1.82) is 0 Å². The van der Waals surface area contributed by atoms with E-state index in [4.69, 9.17) is 10.5 Å². The molecule has 5 heteroatoms. The van der Waals surface area contributed by atoms with Gasteiger partial charge in [0.05, 0.1) is 30.8 Å². The molecule has 1 aliphatic rings. The normalized spacial score (nSPS) is 18.6. The van der Waals surface area contributed by atoms with Crippen LogP contribution in [-0.4, -0.2) is 41.0 Å². The maximum Gasteiger partial charge on any atom is 0.0750 e. The molecule has 1 aliphatic heterocycles. The Kier molecular flexibility index (Phi) is 2.69. The lowest BCUT2D eigenvalue weighted by atomic mass is 10.3. The molecule has 14 heavy (non-hydrogen) atoms. The summed E-state index contributed by atoms with van der Waals surface area (Å²) in [7, 11) is 1.92. The molecule has 0 saturated carbocycles. The Morgan fingerprint density at radius 3 is 2.79 bits per heavy atom. The average Bonchev–Trinajstić information content (AvgIpc) is 2.51. The Morgan fingerprint density at radius 1 is 1.50 bits per heavy atom. The molecule has 0 bridgehead atoms. The molecule has 1 aromatic rings. The third-order valence-electron chi connectivity index (χ3n) is 2.57. The summed E-state index contributed by atoms with van der Waals surface area (Å²) >= 11 is 0. The van der Waals surface area contributed by atoms with Crippen molar-refractivity contribution in [1.82, 2.24) is 14.7 Å².